The Labute approximate surface area is 129 Å². The zero-order valence-corrected chi connectivity index (χ0v) is 13.5. The van der Waals surface area contributed by atoms with E-state index >= 15 is 0 Å². The molecule has 4 nitrogen and oxygen atoms in total. The number of anilines is 1. The second-order valence-corrected chi connectivity index (χ2v) is 7.74. The predicted molar refractivity (Wildman–Crippen MR) is 82.2 cm³/mol. The zero-order valence-electron chi connectivity index (χ0n) is 11.9. The van der Waals surface area contributed by atoms with E-state index in [2.05, 4.69) is 4.72 Å². The highest BCUT2D eigenvalue weighted by Gasteiger charge is 2.27. The fourth-order valence-electron chi connectivity index (χ4n) is 2.68. The molecule has 0 spiro atoms. The van der Waals surface area contributed by atoms with Crippen molar-refractivity contribution in [3.63, 3.8) is 0 Å². The van der Waals surface area contributed by atoms with Crippen molar-refractivity contribution >= 4 is 27.3 Å². The van der Waals surface area contributed by atoms with E-state index in [9.17, 15) is 12.8 Å². The lowest BCUT2D eigenvalue weighted by Crippen LogP contribution is -2.39. The molecule has 1 aliphatic carbocycles. The molecule has 21 heavy (non-hydrogen) atoms. The summed E-state index contributed by atoms with van der Waals surface area (Å²) >= 11 is 5.86. The molecule has 7 heteroatoms. The zero-order chi connectivity index (χ0) is 15.6. The van der Waals surface area contributed by atoms with Gasteiger partial charge in [-0.05, 0) is 30.9 Å². The molecule has 0 bridgehead atoms. The molecule has 3 N–H and O–H groups in total. The average Bonchev–Trinajstić information content (AvgIpc) is 2.59. The normalized spacial score (nSPS) is 23.8. The molecular weight excluding hydrogens is 315 g/mol. The van der Waals surface area contributed by atoms with E-state index in [4.69, 9.17) is 17.3 Å². The van der Waals surface area contributed by atoms with Crippen LogP contribution in [0.5, 0.6) is 0 Å². The van der Waals surface area contributed by atoms with Crippen molar-refractivity contribution < 1.29 is 12.8 Å². The van der Waals surface area contributed by atoms with E-state index in [1.165, 1.54) is 0 Å². The van der Waals surface area contributed by atoms with Crippen molar-refractivity contribution in [1.82, 2.24) is 4.72 Å². The molecule has 1 aromatic carbocycles. The van der Waals surface area contributed by atoms with Crippen molar-refractivity contribution in [3.05, 3.63) is 23.0 Å². The van der Waals surface area contributed by atoms with Gasteiger partial charge in [0.2, 0.25) is 10.0 Å². The largest absolute Gasteiger partial charge is 0.396 e. The SMILES string of the molecule is CC1CCCCCC1NS(=O)(=O)c1cc(N)c(F)cc1Cl. The number of rotatable bonds is 3. The van der Waals surface area contributed by atoms with Crippen molar-refractivity contribution in [3.8, 4) is 0 Å². The molecule has 1 fully saturated rings. The van der Waals surface area contributed by atoms with Crippen molar-refractivity contribution in [1.29, 1.82) is 0 Å². The van der Waals surface area contributed by atoms with Crippen LogP contribution in [0.2, 0.25) is 5.02 Å². The molecule has 0 heterocycles. The van der Waals surface area contributed by atoms with Crippen LogP contribution in [0.15, 0.2) is 17.0 Å². The maximum absolute atomic E-state index is 13.3. The van der Waals surface area contributed by atoms with Gasteiger partial charge in [0, 0.05) is 6.04 Å². The first-order chi connectivity index (χ1) is 9.81. The molecular formula is C14H20ClFN2O2S. The minimum atomic E-state index is -3.81. The number of nitrogens with two attached hydrogens (primary N) is 1. The molecule has 1 saturated carbocycles. The molecule has 0 aromatic heterocycles. The number of nitrogens with one attached hydrogen (secondary N) is 1. The summed E-state index contributed by atoms with van der Waals surface area (Å²) in [6.07, 6.45) is 5.02. The third kappa shape index (κ3) is 3.87. The van der Waals surface area contributed by atoms with Crippen LogP contribution in [0, 0.1) is 11.7 Å². The van der Waals surface area contributed by atoms with Crippen LogP contribution in [-0.2, 0) is 10.0 Å². The first-order valence-electron chi connectivity index (χ1n) is 7.08. The minimum absolute atomic E-state index is 0.125. The Bertz CT molecular complexity index is 622. The first-order valence-corrected chi connectivity index (χ1v) is 8.94. The summed E-state index contributed by atoms with van der Waals surface area (Å²) in [5.74, 6) is -0.458. The Morgan fingerprint density at radius 3 is 2.67 bits per heavy atom. The van der Waals surface area contributed by atoms with Crippen LogP contribution < -0.4 is 10.5 Å². The summed E-state index contributed by atoms with van der Waals surface area (Å²) in [7, 11) is -3.81. The fourth-order valence-corrected chi connectivity index (χ4v) is 4.61. The smallest absolute Gasteiger partial charge is 0.242 e. The van der Waals surface area contributed by atoms with E-state index < -0.39 is 15.8 Å². The summed E-state index contributed by atoms with van der Waals surface area (Å²) in [6, 6.07) is 1.88. The van der Waals surface area contributed by atoms with Gasteiger partial charge in [-0.3, -0.25) is 0 Å². The van der Waals surface area contributed by atoms with Gasteiger partial charge in [-0.15, -0.1) is 0 Å². The van der Waals surface area contributed by atoms with E-state index in [0.717, 1.165) is 44.2 Å². The predicted octanol–water partition coefficient (Wildman–Crippen LogP) is 3.31. The van der Waals surface area contributed by atoms with Crippen LogP contribution in [0.25, 0.3) is 0 Å². The topological polar surface area (TPSA) is 72.2 Å². The van der Waals surface area contributed by atoms with Gasteiger partial charge in [-0.25, -0.2) is 17.5 Å². The Hall–Kier alpha value is -0.850. The van der Waals surface area contributed by atoms with Crippen molar-refractivity contribution in [2.45, 2.75) is 50.0 Å². The maximum atomic E-state index is 13.3. The van der Waals surface area contributed by atoms with Gasteiger partial charge in [-0.2, -0.15) is 0 Å². The van der Waals surface area contributed by atoms with Gasteiger partial charge in [0.05, 0.1) is 10.7 Å². The number of halogens is 2. The molecule has 0 radical (unpaired) electrons. The second kappa shape index (κ2) is 6.50. The molecule has 2 unspecified atom stereocenters. The fraction of sp³-hybridized carbons (Fsp3) is 0.571. The lowest BCUT2D eigenvalue weighted by Gasteiger charge is -2.23. The summed E-state index contributed by atoms with van der Waals surface area (Å²) in [6.45, 7) is 2.04. The number of hydrogen-bond donors (Lipinski definition) is 2. The molecule has 2 rings (SSSR count). The Morgan fingerprint density at radius 2 is 1.95 bits per heavy atom. The average molecular weight is 335 g/mol. The standard InChI is InChI=1S/C14H20ClFN2O2S/c1-9-5-3-2-4-6-13(9)18-21(19,20)14-8-12(17)11(16)7-10(14)15/h7-9,13,18H,2-6,17H2,1H3. The molecule has 2 atom stereocenters. The van der Waals surface area contributed by atoms with Gasteiger partial charge in [0.1, 0.15) is 10.7 Å². The summed E-state index contributed by atoms with van der Waals surface area (Å²) in [5.41, 5.74) is 5.22. The number of nitrogen functional groups attached to an aromatic ring is 1. The third-order valence-electron chi connectivity index (χ3n) is 4.01. The van der Waals surface area contributed by atoms with Gasteiger partial charge >= 0.3 is 0 Å². The first kappa shape index (κ1) is 16.5. The van der Waals surface area contributed by atoms with Crippen molar-refractivity contribution in [2.24, 2.45) is 5.92 Å². The van der Waals surface area contributed by atoms with Gasteiger partial charge in [0.25, 0.3) is 0 Å². The summed E-state index contributed by atoms with van der Waals surface area (Å²) in [4.78, 5) is -0.167. The number of hydrogen-bond acceptors (Lipinski definition) is 3. The second-order valence-electron chi connectivity index (χ2n) is 5.65. The Morgan fingerprint density at radius 1 is 1.29 bits per heavy atom. The van der Waals surface area contributed by atoms with Gasteiger partial charge in [-0.1, -0.05) is 37.8 Å². The number of benzene rings is 1. The lowest BCUT2D eigenvalue weighted by molar-refractivity contribution is 0.399. The van der Waals surface area contributed by atoms with Crippen LogP contribution in [0.1, 0.15) is 39.0 Å². The molecule has 118 valence electrons. The maximum Gasteiger partial charge on any atom is 0.242 e. The third-order valence-corrected chi connectivity index (χ3v) is 5.96. The molecule has 0 amide bonds. The van der Waals surface area contributed by atoms with Crippen LogP contribution in [0.3, 0.4) is 0 Å². The molecule has 1 aromatic rings. The molecule has 0 saturated heterocycles. The van der Waals surface area contributed by atoms with E-state index in [0.29, 0.717) is 0 Å². The minimum Gasteiger partial charge on any atom is -0.396 e. The highest BCUT2D eigenvalue weighted by molar-refractivity contribution is 7.89. The van der Waals surface area contributed by atoms with Crippen molar-refractivity contribution in [2.75, 3.05) is 5.73 Å². The Balaban J connectivity index is 2.27. The highest BCUT2D eigenvalue weighted by Crippen LogP contribution is 2.29. The van der Waals surface area contributed by atoms with Crippen LogP contribution >= 0.6 is 11.6 Å². The highest BCUT2D eigenvalue weighted by atomic mass is 35.5. The molecule has 0 aliphatic heterocycles. The van der Waals surface area contributed by atoms with E-state index in [1.54, 1.807) is 0 Å². The quantitative estimate of drug-likeness (QED) is 0.658. The van der Waals surface area contributed by atoms with E-state index in [1.807, 2.05) is 6.92 Å². The van der Waals surface area contributed by atoms with Gasteiger partial charge in [0.15, 0.2) is 0 Å². The van der Waals surface area contributed by atoms with E-state index in [-0.39, 0.29) is 27.6 Å². The lowest BCUT2D eigenvalue weighted by atomic mass is 9.98. The number of sulfonamides is 1. The molecule has 1 aliphatic rings. The van der Waals surface area contributed by atoms with Gasteiger partial charge < -0.3 is 5.73 Å². The summed E-state index contributed by atoms with van der Waals surface area (Å²) < 4.78 is 40.9. The Kier molecular flexibility index (Phi) is 5.11. The summed E-state index contributed by atoms with van der Waals surface area (Å²) in [5, 5.41) is -0.157. The van der Waals surface area contributed by atoms with Crippen LogP contribution in [-0.4, -0.2) is 14.5 Å². The van der Waals surface area contributed by atoms with Crippen LogP contribution in [0.4, 0.5) is 10.1 Å². The monoisotopic (exact) mass is 334 g/mol.